The van der Waals surface area contributed by atoms with E-state index in [1.165, 1.54) is 4.57 Å². The van der Waals surface area contributed by atoms with E-state index in [1.807, 2.05) is 0 Å². The zero-order valence-corrected chi connectivity index (χ0v) is 13.5. The molecule has 1 aromatic carbocycles. The number of aromatic nitrogens is 1. The zero-order valence-electron chi connectivity index (χ0n) is 12.0. The summed E-state index contributed by atoms with van der Waals surface area (Å²) in [6.45, 7) is 0. The number of aromatic hydroxyl groups is 2. The molecule has 3 aliphatic rings. The van der Waals surface area contributed by atoms with E-state index in [9.17, 15) is 10.2 Å². The average molecular weight is 338 g/mol. The van der Waals surface area contributed by atoms with E-state index in [4.69, 9.17) is 23.2 Å². The third-order valence-electron chi connectivity index (χ3n) is 5.14. The van der Waals surface area contributed by atoms with Crippen molar-refractivity contribution in [2.24, 2.45) is 0 Å². The second kappa shape index (κ2) is 5.10. The fourth-order valence-electron chi connectivity index (χ4n) is 4.13. The van der Waals surface area contributed by atoms with Gasteiger partial charge in [-0.15, -0.1) is 0 Å². The van der Waals surface area contributed by atoms with Crippen molar-refractivity contribution < 1.29 is 10.2 Å². The molecule has 5 rings (SSSR count). The SMILES string of the molecule is Oc1c2c(c(O)n1-c1ccc(Cl)c(Cl)c1)[C@H]1CCC[C@@H]2CC1. The quantitative estimate of drug-likeness (QED) is 0.737. The van der Waals surface area contributed by atoms with Gasteiger partial charge in [0.2, 0.25) is 11.8 Å². The molecule has 1 saturated carbocycles. The maximum absolute atomic E-state index is 10.7. The Bertz CT molecular complexity index is 714. The molecule has 0 unspecified atom stereocenters. The highest BCUT2D eigenvalue weighted by atomic mass is 35.5. The monoisotopic (exact) mass is 337 g/mol. The molecule has 2 bridgehead atoms. The summed E-state index contributed by atoms with van der Waals surface area (Å²) in [5.74, 6) is 1.01. The van der Waals surface area contributed by atoms with Gasteiger partial charge in [0, 0.05) is 11.1 Å². The minimum Gasteiger partial charge on any atom is -0.494 e. The van der Waals surface area contributed by atoms with Crippen LogP contribution in [0.3, 0.4) is 0 Å². The zero-order chi connectivity index (χ0) is 15.4. The summed E-state index contributed by atoms with van der Waals surface area (Å²) in [7, 11) is 0. The Morgan fingerprint density at radius 2 is 1.45 bits per heavy atom. The van der Waals surface area contributed by atoms with Crippen LogP contribution in [-0.2, 0) is 0 Å². The summed E-state index contributed by atoms with van der Waals surface area (Å²) in [6, 6.07) is 5.11. The Kier molecular flexibility index (Phi) is 3.31. The van der Waals surface area contributed by atoms with Gasteiger partial charge in [0.25, 0.3) is 0 Å². The highest BCUT2D eigenvalue weighted by molar-refractivity contribution is 6.42. The molecule has 0 aliphatic heterocycles. The molecule has 5 heteroatoms. The third-order valence-corrected chi connectivity index (χ3v) is 5.88. The normalized spacial score (nSPS) is 23.4. The highest BCUT2D eigenvalue weighted by Gasteiger charge is 2.38. The smallest absolute Gasteiger partial charge is 0.202 e. The second-order valence-electron chi connectivity index (χ2n) is 6.31. The molecule has 0 spiro atoms. The lowest BCUT2D eigenvalue weighted by atomic mass is 9.80. The van der Waals surface area contributed by atoms with Crippen LogP contribution in [0.5, 0.6) is 11.8 Å². The van der Waals surface area contributed by atoms with Gasteiger partial charge in [-0.05, 0) is 55.7 Å². The van der Waals surface area contributed by atoms with Crippen LogP contribution >= 0.6 is 23.2 Å². The Labute approximate surface area is 139 Å². The van der Waals surface area contributed by atoms with Gasteiger partial charge in [-0.1, -0.05) is 29.6 Å². The number of hydrogen-bond donors (Lipinski definition) is 2. The molecule has 22 heavy (non-hydrogen) atoms. The number of benzene rings is 1. The molecular weight excluding hydrogens is 321 g/mol. The molecule has 1 aromatic heterocycles. The summed E-state index contributed by atoms with van der Waals surface area (Å²) in [5, 5.41) is 22.4. The maximum Gasteiger partial charge on any atom is 0.202 e. The van der Waals surface area contributed by atoms with Gasteiger partial charge in [-0.25, -0.2) is 0 Å². The predicted molar refractivity (Wildman–Crippen MR) is 87.7 cm³/mol. The fourth-order valence-corrected chi connectivity index (χ4v) is 4.43. The average Bonchev–Trinajstić information content (AvgIpc) is 2.71. The van der Waals surface area contributed by atoms with Crippen LogP contribution in [0.25, 0.3) is 5.69 Å². The van der Waals surface area contributed by atoms with Gasteiger partial charge in [-0.3, -0.25) is 4.57 Å². The summed E-state index contributed by atoms with van der Waals surface area (Å²) in [5.41, 5.74) is 2.52. The molecule has 3 nitrogen and oxygen atoms in total. The molecule has 1 fully saturated rings. The van der Waals surface area contributed by atoms with Crippen LogP contribution in [0.1, 0.15) is 55.1 Å². The standard InChI is InChI=1S/C17H17Cl2NO2/c18-12-7-6-11(8-13(12)19)20-16(21)14-9-2-1-3-10(5-4-9)15(14)17(20)22/h6-10,21-22H,1-5H2/t9-,10+. The minimum absolute atomic E-state index is 0.155. The van der Waals surface area contributed by atoms with Crippen molar-refractivity contribution in [2.45, 2.75) is 43.9 Å². The van der Waals surface area contributed by atoms with Gasteiger partial charge in [0.1, 0.15) is 0 Å². The molecule has 2 atom stereocenters. The molecule has 0 radical (unpaired) electrons. The second-order valence-corrected chi connectivity index (χ2v) is 7.12. The van der Waals surface area contributed by atoms with Crippen molar-refractivity contribution >= 4 is 23.2 Å². The Balaban J connectivity index is 1.94. The first-order chi connectivity index (χ1) is 10.6. The van der Waals surface area contributed by atoms with E-state index >= 15 is 0 Å². The van der Waals surface area contributed by atoms with Gasteiger partial charge in [-0.2, -0.15) is 0 Å². The van der Waals surface area contributed by atoms with Crippen LogP contribution in [-0.4, -0.2) is 14.8 Å². The first-order valence-electron chi connectivity index (χ1n) is 7.69. The molecule has 0 amide bonds. The van der Waals surface area contributed by atoms with Crippen LogP contribution in [0.2, 0.25) is 10.0 Å². The lowest BCUT2D eigenvalue weighted by Gasteiger charge is -2.23. The third kappa shape index (κ3) is 1.95. The van der Waals surface area contributed by atoms with Crippen molar-refractivity contribution in [1.29, 1.82) is 0 Å². The number of nitrogens with zero attached hydrogens (tertiary/aromatic N) is 1. The Hall–Kier alpha value is -1.32. The largest absolute Gasteiger partial charge is 0.494 e. The summed E-state index contributed by atoms with van der Waals surface area (Å²) in [4.78, 5) is 0. The number of hydrogen-bond acceptors (Lipinski definition) is 2. The molecule has 1 heterocycles. The summed E-state index contributed by atoms with van der Waals surface area (Å²) >= 11 is 12.0. The van der Waals surface area contributed by atoms with Crippen LogP contribution in [0, 0.1) is 0 Å². The first-order valence-corrected chi connectivity index (χ1v) is 8.45. The molecule has 2 N–H and O–H groups in total. The van der Waals surface area contributed by atoms with E-state index in [0.29, 0.717) is 27.6 Å². The van der Waals surface area contributed by atoms with E-state index in [0.717, 1.165) is 43.2 Å². The molecule has 116 valence electrons. The van der Waals surface area contributed by atoms with Gasteiger partial charge >= 0.3 is 0 Å². The number of rotatable bonds is 1. The van der Waals surface area contributed by atoms with Crippen LogP contribution in [0.15, 0.2) is 18.2 Å². The van der Waals surface area contributed by atoms with Crippen molar-refractivity contribution in [3.63, 3.8) is 0 Å². The maximum atomic E-state index is 10.7. The highest BCUT2D eigenvalue weighted by Crippen LogP contribution is 2.55. The van der Waals surface area contributed by atoms with Crippen LogP contribution < -0.4 is 0 Å². The number of halogens is 2. The topological polar surface area (TPSA) is 45.4 Å². The van der Waals surface area contributed by atoms with Gasteiger partial charge < -0.3 is 10.2 Å². The van der Waals surface area contributed by atoms with Crippen molar-refractivity contribution in [1.82, 2.24) is 4.57 Å². The number of fused-ring (bicyclic) bond motifs is 3. The lowest BCUT2D eigenvalue weighted by molar-refractivity contribution is 0.395. The Morgan fingerprint density at radius 1 is 0.864 bits per heavy atom. The summed E-state index contributed by atoms with van der Waals surface area (Å²) < 4.78 is 1.50. The van der Waals surface area contributed by atoms with Crippen molar-refractivity contribution in [2.75, 3.05) is 0 Å². The van der Waals surface area contributed by atoms with Crippen molar-refractivity contribution in [3.8, 4) is 17.4 Å². The van der Waals surface area contributed by atoms with E-state index in [-0.39, 0.29) is 11.8 Å². The fraction of sp³-hybridized carbons (Fsp3) is 0.412. The molecular formula is C17H17Cl2NO2. The first kappa shape index (κ1) is 14.3. The Morgan fingerprint density at radius 3 is 2.00 bits per heavy atom. The minimum atomic E-state index is 0.155. The molecule has 2 aromatic rings. The van der Waals surface area contributed by atoms with E-state index in [2.05, 4.69) is 0 Å². The van der Waals surface area contributed by atoms with Crippen molar-refractivity contribution in [3.05, 3.63) is 39.4 Å². The van der Waals surface area contributed by atoms with E-state index < -0.39 is 0 Å². The molecule has 0 saturated heterocycles. The summed E-state index contributed by atoms with van der Waals surface area (Å²) in [6.07, 6.45) is 5.52. The molecule has 3 aliphatic carbocycles. The predicted octanol–water partition coefficient (Wildman–Crippen LogP) is 5.34. The van der Waals surface area contributed by atoms with E-state index in [1.54, 1.807) is 18.2 Å². The van der Waals surface area contributed by atoms with Crippen LogP contribution in [0.4, 0.5) is 0 Å². The van der Waals surface area contributed by atoms with Gasteiger partial charge in [0.15, 0.2) is 0 Å². The lowest BCUT2D eigenvalue weighted by Crippen LogP contribution is -2.08. The van der Waals surface area contributed by atoms with Gasteiger partial charge in [0.05, 0.1) is 15.7 Å².